The van der Waals surface area contributed by atoms with Crippen molar-refractivity contribution in [1.82, 2.24) is 30.0 Å². The van der Waals surface area contributed by atoms with Gasteiger partial charge in [-0.3, -0.25) is 19.5 Å². The fourth-order valence-electron chi connectivity index (χ4n) is 6.14. The van der Waals surface area contributed by atoms with Gasteiger partial charge in [-0.25, -0.2) is 0 Å². The van der Waals surface area contributed by atoms with Crippen molar-refractivity contribution in [3.05, 3.63) is 65.6 Å². The number of amides is 2. The molecule has 0 bridgehead atoms. The predicted molar refractivity (Wildman–Crippen MR) is 143 cm³/mol. The van der Waals surface area contributed by atoms with E-state index in [9.17, 15) is 9.59 Å². The van der Waals surface area contributed by atoms with Crippen LogP contribution in [0.15, 0.2) is 48.8 Å². The molecule has 3 aromatic rings. The smallest absolute Gasteiger partial charge is 0.267 e. The summed E-state index contributed by atoms with van der Waals surface area (Å²) in [6, 6.07) is 11.9. The van der Waals surface area contributed by atoms with Crippen molar-refractivity contribution in [3.8, 4) is 0 Å². The van der Waals surface area contributed by atoms with E-state index < -0.39 is 0 Å². The monoisotopic (exact) mass is 500 g/mol. The Morgan fingerprint density at radius 3 is 2.68 bits per heavy atom. The third-order valence-electron chi connectivity index (χ3n) is 8.76. The number of hydrogen-bond acceptors (Lipinski definition) is 5. The van der Waals surface area contributed by atoms with E-state index in [1.807, 2.05) is 29.2 Å². The topological polar surface area (TPSA) is 84.6 Å². The van der Waals surface area contributed by atoms with Crippen LogP contribution in [0.1, 0.15) is 45.7 Å². The molecule has 2 amide bonds. The molecule has 2 saturated heterocycles. The maximum atomic E-state index is 13.3. The molecule has 1 unspecified atom stereocenters. The van der Waals surface area contributed by atoms with Crippen molar-refractivity contribution in [1.29, 1.82) is 0 Å². The van der Waals surface area contributed by atoms with E-state index in [-0.39, 0.29) is 17.2 Å². The number of benzene rings is 1. The second kappa shape index (κ2) is 9.91. The van der Waals surface area contributed by atoms with Crippen LogP contribution in [-0.2, 0) is 6.54 Å². The van der Waals surface area contributed by atoms with Crippen LogP contribution in [0.2, 0.25) is 0 Å². The Morgan fingerprint density at radius 1 is 1.08 bits per heavy atom. The summed E-state index contributed by atoms with van der Waals surface area (Å²) in [5.74, 6) is 0.572. The zero-order valence-electron chi connectivity index (χ0n) is 21.6. The number of piperazine rings is 1. The molecule has 194 valence electrons. The molecule has 0 radical (unpaired) electrons. The first-order valence-corrected chi connectivity index (χ1v) is 13.5. The van der Waals surface area contributed by atoms with Gasteiger partial charge in [-0.15, -0.1) is 0 Å². The van der Waals surface area contributed by atoms with Crippen LogP contribution in [0.4, 0.5) is 0 Å². The molecule has 3 aliphatic rings. The Labute approximate surface area is 218 Å². The molecular formula is C29H36N6O2. The summed E-state index contributed by atoms with van der Waals surface area (Å²) in [7, 11) is 2.17. The van der Waals surface area contributed by atoms with E-state index in [1.54, 1.807) is 12.4 Å². The van der Waals surface area contributed by atoms with Crippen molar-refractivity contribution < 1.29 is 9.59 Å². The highest BCUT2D eigenvalue weighted by atomic mass is 16.2. The molecule has 1 saturated carbocycles. The quantitative estimate of drug-likeness (QED) is 0.544. The Balaban J connectivity index is 0.988. The standard InChI is InChI=1S/C29H36N6O2/c1-33-11-13-34(14-12-33)20-21-3-2-4-22(15-21)28(37)35-9-6-29(7-10-35)17-24(29)19-31-27(36)26-16-23-18-30-8-5-25(23)32-26/h2-5,8,15-16,18,24,32H,6-7,9-14,17,19-20H2,1H3,(H,31,36). The number of nitrogens with zero attached hydrogens (tertiary/aromatic N) is 4. The maximum Gasteiger partial charge on any atom is 0.267 e. The van der Waals surface area contributed by atoms with Crippen LogP contribution in [0.25, 0.3) is 10.9 Å². The van der Waals surface area contributed by atoms with Crippen molar-refractivity contribution >= 4 is 22.7 Å². The first kappa shape index (κ1) is 24.1. The summed E-state index contributed by atoms with van der Waals surface area (Å²) in [4.78, 5) is 40.1. The third-order valence-corrected chi connectivity index (χ3v) is 8.76. The van der Waals surface area contributed by atoms with Gasteiger partial charge < -0.3 is 20.1 Å². The minimum atomic E-state index is -0.0673. The van der Waals surface area contributed by atoms with Gasteiger partial charge in [0.15, 0.2) is 0 Å². The Hall–Kier alpha value is -3.23. The minimum absolute atomic E-state index is 0.0673. The van der Waals surface area contributed by atoms with Crippen LogP contribution in [-0.4, -0.2) is 89.3 Å². The highest BCUT2D eigenvalue weighted by molar-refractivity contribution is 5.97. The molecular weight excluding hydrogens is 464 g/mol. The summed E-state index contributed by atoms with van der Waals surface area (Å²) in [6.07, 6.45) is 6.64. The number of carbonyl (C=O) groups is 2. The Bertz CT molecular complexity index is 1250. The van der Waals surface area contributed by atoms with E-state index in [4.69, 9.17) is 0 Å². The SMILES string of the molecule is CN1CCN(Cc2cccc(C(=O)N3CCC4(CC3)CC4CNC(=O)c3cc4cnccc4[nH]3)c2)CC1. The highest BCUT2D eigenvalue weighted by Gasteiger charge is 2.54. The number of pyridine rings is 1. The lowest BCUT2D eigenvalue weighted by Gasteiger charge is -2.33. The first-order chi connectivity index (χ1) is 18.0. The minimum Gasteiger partial charge on any atom is -0.350 e. The van der Waals surface area contributed by atoms with Gasteiger partial charge in [-0.05, 0) is 67.5 Å². The average Bonchev–Trinajstić information content (AvgIpc) is 3.39. The van der Waals surface area contributed by atoms with Gasteiger partial charge in [0.1, 0.15) is 5.69 Å². The predicted octanol–water partition coefficient (Wildman–Crippen LogP) is 2.98. The summed E-state index contributed by atoms with van der Waals surface area (Å²) < 4.78 is 0. The second-order valence-corrected chi connectivity index (χ2v) is 11.2. The van der Waals surface area contributed by atoms with Crippen molar-refractivity contribution in [2.24, 2.45) is 11.3 Å². The Morgan fingerprint density at radius 2 is 1.89 bits per heavy atom. The molecule has 8 heteroatoms. The zero-order valence-corrected chi connectivity index (χ0v) is 21.6. The van der Waals surface area contributed by atoms with Gasteiger partial charge in [-0.1, -0.05) is 12.1 Å². The van der Waals surface area contributed by atoms with Gasteiger partial charge >= 0.3 is 0 Å². The molecule has 2 aliphatic heterocycles. The molecule has 1 atom stereocenters. The molecule has 4 heterocycles. The Kier molecular flexibility index (Phi) is 6.46. The molecule has 8 nitrogen and oxygen atoms in total. The lowest BCUT2D eigenvalue weighted by Crippen LogP contribution is -2.43. The van der Waals surface area contributed by atoms with Crippen molar-refractivity contribution in [2.75, 3.05) is 52.9 Å². The van der Waals surface area contributed by atoms with Gasteiger partial charge in [0.05, 0.1) is 0 Å². The number of rotatable bonds is 6. The highest BCUT2D eigenvalue weighted by Crippen LogP contribution is 2.59. The normalized spacial score (nSPS) is 21.9. The fourth-order valence-corrected chi connectivity index (χ4v) is 6.14. The van der Waals surface area contributed by atoms with Gasteiger partial charge in [-0.2, -0.15) is 0 Å². The number of piperidine rings is 1. The van der Waals surface area contributed by atoms with Gasteiger partial charge in [0, 0.05) is 81.2 Å². The number of aromatic amines is 1. The van der Waals surface area contributed by atoms with Gasteiger partial charge in [0.2, 0.25) is 0 Å². The lowest BCUT2D eigenvalue weighted by atomic mass is 9.90. The molecule has 1 aliphatic carbocycles. The van der Waals surface area contributed by atoms with E-state index in [0.717, 1.165) is 81.5 Å². The molecule has 1 spiro atoms. The molecule has 6 rings (SSSR count). The fraction of sp³-hybridized carbons (Fsp3) is 0.483. The summed E-state index contributed by atoms with van der Waals surface area (Å²) in [6.45, 7) is 7.52. The maximum absolute atomic E-state index is 13.3. The van der Waals surface area contributed by atoms with E-state index in [1.165, 1.54) is 5.56 Å². The molecule has 37 heavy (non-hydrogen) atoms. The number of hydrogen-bond donors (Lipinski definition) is 2. The van der Waals surface area contributed by atoms with Crippen LogP contribution in [0.3, 0.4) is 0 Å². The van der Waals surface area contributed by atoms with Crippen LogP contribution < -0.4 is 5.32 Å². The molecule has 2 N–H and O–H groups in total. The summed E-state index contributed by atoms with van der Waals surface area (Å²) >= 11 is 0. The number of aromatic nitrogens is 2. The van der Waals surface area contributed by atoms with E-state index >= 15 is 0 Å². The number of carbonyl (C=O) groups excluding carboxylic acids is 2. The average molecular weight is 501 g/mol. The third kappa shape index (κ3) is 5.13. The van der Waals surface area contributed by atoms with E-state index in [0.29, 0.717) is 18.2 Å². The number of nitrogens with one attached hydrogen (secondary N) is 2. The van der Waals surface area contributed by atoms with Crippen molar-refractivity contribution in [3.63, 3.8) is 0 Å². The number of likely N-dealkylation sites (N-methyl/N-ethyl adjacent to an activating group) is 1. The number of H-pyrrole nitrogens is 1. The van der Waals surface area contributed by atoms with Crippen LogP contribution >= 0.6 is 0 Å². The van der Waals surface area contributed by atoms with Gasteiger partial charge in [0.25, 0.3) is 11.8 Å². The number of fused-ring (bicyclic) bond motifs is 1. The number of likely N-dealkylation sites (tertiary alicyclic amines) is 1. The zero-order chi connectivity index (χ0) is 25.4. The van der Waals surface area contributed by atoms with Crippen molar-refractivity contribution in [2.45, 2.75) is 25.8 Å². The van der Waals surface area contributed by atoms with Crippen LogP contribution in [0, 0.1) is 11.3 Å². The second-order valence-electron chi connectivity index (χ2n) is 11.2. The van der Waals surface area contributed by atoms with E-state index in [2.05, 4.69) is 44.3 Å². The van der Waals surface area contributed by atoms with Crippen LogP contribution in [0.5, 0.6) is 0 Å². The summed E-state index contributed by atoms with van der Waals surface area (Å²) in [5, 5.41) is 4.06. The first-order valence-electron chi connectivity index (χ1n) is 13.5. The molecule has 3 fully saturated rings. The largest absolute Gasteiger partial charge is 0.350 e. The molecule has 2 aromatic heterocycles. The molecule has 1 aromatic carbocycles. The lowest BCUT2D eigenvalue weighted by molar-refractivity contribution is 0.0668. The summed E-state index contributed by atoms with van der Waals surface area (Å²) in [5.41, 5.74) is 3.79.